The van der Waals surface area contributed by atoms with Gasteiger partial charge in [-0.1, -0.05) is 43.2 Å². The molecule has 1 aliphatic carbocycles. The summed E-state index contributed by atoms with van der Waals surface area (Å²) in [6.07, 6.45) is 5.50. The largest absolute Gasteiger partial charge is 0.354 e. The van der Waals surface area contributed by atoms with Crippen LogP contribution < -0.4 is 5.32 Å². The molecule has 0 heterocycles. The fourth-order valence-electron chi connectivity index (χ4n) is 2.47. The van der Waals surface area contributed by atoms with Crippen LogP contribution in [0.5, 0.6) is 0 Å². The maximum atomic E-state index is 12.0. The zero-order chi connectivity index (χ0) is 14.9. The van der Waals surface area contributed by atoms with Crippen molar-refractivity contribution in [2.24, 2.45) is 0 Å². The molecule has 4 heteroatoms. The van der Waals surface area contributed by atoms with E-state index >= 15 is 0 Å². The molecule has 1 fully saturated rings. The topological polar surface area (TPSA) is 29.1 Å². The lowest BCUT2D eigenvalue weighted by atomic mass is 10.2. The van der Waals surface area contributed by atoms with E-state index in [4.69, 9.17) is 0 Å². The van der Waals surface area contributed by atoms with Gasteiger partial charge < -0.3 is 5.32 Å². The van der Waals surface area contributed by atoms with E-state index < -0.39 is 0 Å². The van der Waals surface area contributed by atoms with Crippen LogP contribution in [-0.4, -0.2) is 28.7 Å². The van der Waals surface area contributed by atoms with Gasteiger partial charge in [-0.15, -0.1) is 11.8 Å². The molecule has 0 saturated heterocycles. The first-order valence-electron chi connectivity index (χ1n) is 7.80. The molecule has 0 spiro atoms. The molecule has 1 N–H and O–H groups in total. The van der Waals surface area contributed by atoms with E-state index in [0.29, 0.717) is 0 Å². The average Bonchev–Trinajstić information content (AvgIpc) is 3.03. The molecule has 0 aromatic heterocycles. The van der Waals surface area contributed by atoms with Gasteiger partial charge in [-0.3, -0.25) is 4.79 Å². The Morgan fingerprint density at radius 3 is 2.71 bits per heavy atom. The van der Waals surface area contributed by atoms with Crippen LogP contribution in [0.1, 0.15) is 38.2 Å². The van der Waals surface area contributed by atoms with Crippen LogP contribution in [0, 0.1) is 0 Å². The highest BCUT2D eigenvalue weighted by Gasteiger charge is 2.16. The van der Waals surface area contributed by atoms with Crippen molar-refractivity contribution in [3.8, 4) is 0 Å². The number of benzene rings is 1. The Bertz CT molecular complexity index is 418. The van der Waals surface area contributed by atoms with E-state index in [1.807, 2.05) is 36.9 Å². The van der Waals surface area contributed by atoms with E-state index in [2.05, 4.69) is 17.4 Å². The Kier molecular flexibility index (Phi) is 7.51. The zero-order valence-electron chi connectivity index (χ0n) is 12.7. The molecule has 0 bridgehead atoms. The molecule has 116 valence electrons. The molecule has 2 nitrogen and oxygen atoms in total. The van der Waals surface area contributed by atoms with E-state index in [1.165, 1.54) is 31.2 Å². The smallest absolute Gasteiger partial charge is 0.232 e. The summed E-state index contributed by atoms with van der Waals surface area (Å²) in [5, 5.41) is 3.92. The second kappa shape index (κ2) is 9.42. The van der Waals surface area contributed by atoms with Gasteiger partial charge in [-0.2, -0.15) is 11.8 Å². The van der Waals surface area contributed by atoms with Crippen LogP contribution in [0.25, 0.3) is 0 Å². The van der Waals surface area contributed by atoms with Gasteiger partial charge in [-0.25, -0.2) is 0 Å². The van der Waals surface area contributed by atoms with Crippen LogP contribution in [-0.2, 0) is 10.5 Å². The Labute approximate surface area is 136 Å². The number of hydrogen-bond donors (Lipinski definition) is 1. The van der Waals surface area contributed by atoms with Crippen molar-refractivity contribution in [2.75, 3.05) is 12.3 Å². The summed E-state index contributed by atoms with van der Waals surface area (Å²) in [5.41, 5.74) is 1.28. The third-order valence-electron chi connectivity index (χ3n) is 3.77. The van der Waals surface area contributed by atoms with Crippen LogP contribution >= 0.6 is 23.5 Å². The van der Waals surface area contributed by atoms with Crippen molar-refractivity contribution in [3.63, 3.8) is 0 Å². The molecule has 0 aliphatic heterocycles. The molecule has 21 heavy (non-hydrogen) atoms. The number of carbonyl (C=O) groups excluding carboxylic acids is 1. The maximum absolute atomic E-state index is 12.0. The van der Waals surface area contributed by atoms with Crippen LogP contribution in [0.15, 0.2) is 30.3 Å². The lowest BCUT2D eigenvalue weighted by Crippen LogP contribution is -2.32. The van der Waals surface area contributed by atoms with Gasteiger partial charge in [0.2, 0.25) is 5.91 Å². The summed E-state index contributed by atoms with van der Waals surface area (Å²) < 4.78 is 0. The van der Waals surface area contributed by atoms with Gasteiger partial charge in [0.25, 0.3) is 0 Å². The molecule has 1 aromatic carbocycles. The van der Waals surface area contributed by atoms with Gasteiger partial charge in [0.05, 0.1) is 5.25 Å². The summed E-state index contributed by atoms with van der Waals surface area (Å²) in [6, 6.07) is 10.3. The Morgan fingerprint density at radius 2 is 2.00 bits per heavy atom. The number of thioether (sulfide) groups is 2. The normalized spacial score (nSPS) is 16.8. The predicted molar refractivity (Wildman–Crippen MR) is 94.9 cm³/mol. The number of hydrogen-bond acceptors (Lipinski definition) is 3. The minimum atomic E-state index is 0.0155. The summed E-state index contributed by atoms with van der Waals surface area (Å²) >= 11 is 3.73. The highest BCUT2D eigenvalue weighted by atomic mass is 32.2. The monoisotopic (exact) mass is 323 g/mol. The highest BCUT2D eigenvalue weighted by molar-refractivity contribution is 8.00. The van der Waals surface area contributed by atoms with E-state index in [-0.39, 0.29) is 11.2 Å². The summed E-state index contributed by atoms with van der Waals surface area (Å²) in [4.78, 5) is 12.0. The van der Waals surface area contributed by atoms with Gasteiger partial charge in [0.15, 0.2) is 0 Å². The highest BCUT2D eigenvalue weighted by Crippen LogP contribution is 2.28. The fourth-order valence-corrected chi connectivity index (χ4v) is 4.56. The van der Waals surface area contributed by atoms with Gasteiger partial charge in [-0.05, 0) is 25.3 Å². The average molecular weight is 324 g/mol. The second-order valence-corrected chi connectivity index (χ2v) is 8.24. The molecule has 1 saturated carbocycles. The first kappa shape index (κ1) is 16.8. The van der Waals surface area contributed by atoms with Crippen molar-refractivity contribution < 1.29 is 4.79 Å². The van der Waals surface area contributed by atoms with Gasteiger partial charge in [0, 0.05) is 23.3 Å². The van der Waals surface area contributed by atoms with Crippen LogP contribution in [0.3, 0.4) is 0 Å². The standard InChI is InChI=1S/C17H25NOS2/c1-14(21-13-15-7-3-2-4-8-15)17(19)18-11-12-20-16-9-5-6-10-16/h2-4,7-8,14,16H,5-6,9-13H2,1H3,(H,18,19)/t14-/m0/s1. The maximum Gasteiger partial charge on any atom is 0.232 e. The molecular weight excluding hydrogens is 298 g/mol. The van der Waals surface area contributed by atoms with Crippen LogP contribution in [0.2, 0.25) is 0 Å². The minimum Gasteiger partial charge on any atom is -0.354 e. The van der Waals surface area contributed by atoms with Crippen molar-refractivity contribution in [1.82, 2.24) is 5.32 Å². The molecule has 2 rings (SSSR count). The summed E-state index contributed by atoms with van der Waals surface area (Å²) in [5.74, 6) is 2.11. The van der Waals surface area contributed by atoms with E-state index in [9.17, 15) is 4.79 Å². The molecule has 1 atom stereocenters. The van der Waals surface area contributed by atoms with E-state index in [0.717, 1.165) is 23.3 Å². The predicted octanol–water partition coefficient (Wildman–Crippen LogP) is 4.10. The summed E-state index contributed by atoms with van der Waals surface area (Å²) in [6.45, 7) is 2.79. The fraction of sp³-hybridized carbons (Fsp3) is 0.588. The second-order valence-electron chi connectivity index (χ2n) is 5.51. The first-order valence-corrected chi connectivity index (χ1v) is 9.90. The third kappa shape index (κ3) is 6.35. The Hall–Kier alpha value is -0.610. The van der Waals surface area contributed by atoms with Crippen molar-refractivity contribution >= 4 is 29.4 Å². The number of carbonyl (C=O) groups is 1. The molecule has 0 radical (unpaired) electrons. The minimum absolute atomic E-state index is 0.0155. The first-order chi connectivity index (χ1) is 10.3. The molecule has 1 amide bonds. The van der Waals surface area contributed by atoms with Crippen LogP contribution in [0.4, 0.5) is 0 Å². The third-order valence-corrected chi connectivity index (χ3v) is 6.37. The van der Waals surface area contributed by atoms with Gasteiger partial charge in [0.1, 0.15) is 0 Å². The lowest BCUT2D eigenvalue weighted by molar-refractivity contribution is -0.120. The molecule has 1 aliphatic rings. The SMILES string of the molecule is C[C@H](SCc1ccccc1)C(=O)NCCSC1CCCC1. The lowest BCUT2D eigenvalue weighted by Gasteiger charge is -2.13. The van der Waals surface area contributed by atoms with Crippen molar-refractivity contribution in [3.05, 3.63) is 35.9 Å². The number of nitrogens with one attached hydrogen (secondary N) is 1. The number of rotatable bonds is 8. The van der Waals surface area contributed by atoms with E-state index in [1.54, 1.807) is 11.8 Å². The molecule has 1 aromatic rings. The molecule has 0 unspecified atom stereocenters. The Balaban J connectivity index is 1.56. The number of amides is 1. The van der Waals surface area contributed by atoms with Crippen molar-refractivity contribution in [2.45, 2.75) is 48.9 Å². The molecular formula is C17H25NOS2. The zero-order valence-corrected chi connectivity index (χ0v) is 14.3. The van der Waals surface area contributed by atoms with Gasteiger partial charge >= 0.3 is 0 Å². The Morgan fingerprint density at radius 1 is 1.29 bits per heavy atom. The quantitative estimate of drug-likeness (QED) is 0.730. The van der Waals surface area contributed by atoms with Crippen molar-refractivity contribution in [1.29, 1.82) is 0 Å². The summed E-state index contributed by atoms with van der Waals surface area (Å²) in [7, 11) is 0.